The van der Waals surface area contributed by atoms with Gasteiger partial charge in [-0.15, -0.1) is 0 Å². The van der Waals surface area contributed by atoms with Crippen molar-refractivity contribution in [2.75, 3.05) is 4.90 Å². The summed E-state index contributed by atoms with van der Waals surface area (Å²) in [7, 11) is 0. The molecule has 0 unspecified atom stereocenters. The minimum Gasteiger partial charge on any atom is -0.310 e. The molecular weight excluding hydrogens is 737 g/mol. The Kier molecular flexibility index (Phi) is 8.11. The summed E-state index contributed by atoms with van der Waals surface area (Å²) < 4.78 is 2.38. The van der Waals surface area contributed by atoms with Gasteiger partial charge in [0.1, 0.15) is 0 Å². The maximum Gasteiger partial charge on any atom is 0.0713 e. The van der Waals surface area contributed by atoms with Crippen molar-refractivity contribution in [2.45, 2.75) is 5.41 Å². The molecule has 0 radical (unpaired) electrons. The van der Waals surface area contributed by atoms with Gasteiger partial charge >= 0.3 is 0 Å². The molecule has 61 heavy (non-hydrogen) atoms. The standard InChI is InChI=1S/C59H40N2/c1-4-19-44(20-5-1)59(45-21-6-2-7-22-45)54-28-14-12-26-50(54)52-39-43(33-37-55(52)59)41-31-34-47(35-32-41)60(56-30-16-18-42-17-10-11-25-49(42)56)48-36-38-58-53(40-48)51-27-13-15-29-57(51)61(58)46-23-8-3-9-24-46/h1-40H. The maximum atomic E-state index is 2.42. The van der Waals surface area contributed by atoms with Crippen LogP contribution in [0.25, 0.3) is 60.5 Å². The Labute approximate surface area is 355 Å². The smallest absolute Gasteiger partial charge is 0.0713 e. The molecular formula is C59H40N2. The van der Waals surface area contributed by atoms with Crippen LogP contribution in [0.1, 0.15) is 22.3 Å². The van der Waals surface area contributed by atoms with Gasteiger partial charge < -0.3 is 9.47 Å². The Hall–Kier alpha value is -7.94. The summed E-state index contributed by atoms with van der Waals surface area (Å²) in [6, 6.07) is 88.9. The summed E-state index contributed by atoms with van der Waals surface area (Å²) in [5.41, 5.74) is 16.6. The summed E-state index contributed by atoms with van der Waals surface area (Å²) in [4.78, 5) is 2.42. The first-order valence-electron chi connectivity index (χ1n) is 21.1. The van der Waals surface area contributed by atoms with Gasteiger partial charge in [-0.05, 0) is 111 Å². The second-order valence-corrected chi connectivity index (χ2v) is 16.1. The summed E-state index contributed by atoms with van der Waals surface area (Å²) in [6.45, 7) is 0. The highest BCUT2D eigenvalue weighted by Crippen LogP contribution is 2.56. The van der Waals surface area contributed by atoms with Crippen molar-refractivity contribution in [3.63, 3.8) is 0 Å². The van der Waals surface area contributed by atoms with Gasteiger partial charge in [0.05, 0.1) is 22.1 Å². The maximum absolute atomic E-state index is 2.42. The monoisotopic (exact) mass is 776 g/mol. The molecule has 0 N–H and O–H groups in total. The number of rotatable bonds is 7. The fourth-order valence-corrected chi connectivity index (χ4v) is 10.2. The average molecular weight is 777 g/mol. The summed E-state index contributed by atoms with van der Waals surface area (Å²) in [5.74, 6) is 0. The van der Waals surface area contributed by atoms with Crippen molar-refractivity contribution in [2.24, 2.45) is 0 Å². The second kappa shape index (κ2) is 14.1. The first kappa shape index (κ1) is 35.0. The summed E-state index contributed by atoms with van der Waals surface area (Å²) in [6.07, 6.45) is 0. The molecule has 1 heterocycles. The van der Waals surface area contributed by atoms with Crippen LogP contribution in [0.15, 0.2) is 243 Å². The highest BCUT2D eigenvalue weighted by molar-refractivity contribution is 6.11. The van der Waals surface area contributed by atoms with Gasteiger partial charge in [-0.1, -0.05) is 182 Å². The number of hydrogen-bond donors (Lipinski definition) is 0. The zero-order valence-electron chi connectivity index (χ0n) is 33.5. The fraction of sp³-hybridized carbons (Fsp3) is 0.0169. The first-order chi connectivity index (χ1) is 30.3. The largest absolute Gasteiger partial charge is 0.310 e. The highest BCUT2D eigenvalue weighted by Gasteiger charge is 2.46. The molecule has 0 aliphatic heterocycles. The van der Waals surface area contributed by atoms with Crippen LogP contribution in [0.4, 0.5) is 17.1 Å². The van der Waals surface area contributed by atoms with Crippen LogP contribution >= 0.6 is 0 Å². The Morgan fingerprint density at radius 3 is 1.69 bits per heavy atom. The van der Waals surface area contributed by atoms with Crippen molar-refractivity contribution in [3.05, 3.63) is 265 Å². The van der Waals surface area contributed by atoms with Gasteiger partial charge in [-0.25, -0.2) is 0 Å². The third-order valence-corrected chi connectivity index (χ3v) is 12.9. The van der Waals surface area contributed by atoms with Crippen molar-refractivity contribution in [1.82, 2.24) is 4.57 Å². The molecule has 1 aliphatic carbocycles. The van der Waals surface area contributed by atoms with E-state index in [1.165, 1.54) is 77.1 Å². The summed E-state index contributed by atoms with van der Waals surface area (Å²) in [5, 5.41) is 4.87. The van der Waals surface area contributed by atoms with E-state index in [9.17, 15) is 0 Å². The van der Waals surface area contributed by atoms with Crippen LogP contribution in [0.3, 0.4) is 0 Å². The molecule has 0 fully saturated rings. The van der Waals surface area contributed by atoms with E-state index in [2.05, 4.69) is 252 Å². The van der Waals surface area contributed by atoms with Gasteiger partial charge in [0.25, 0.3) is 0 Å². The normalized spacial score (nSPS) is 12.7. The van der Waals surface area contributed by atoms with E-state index in [0.29, 0.717) is 0 Å². The molecule has 1 aromatic heterocycles. The number of fused-ring (bicyclic) bond motifs is 7. The van der Waals surface area contributed by atoms with Crippen molar-refractivity contribution >= 4 is 49.6 Å². The van der Waals surface area contributed by atoms with Crippen molar-refractivity contribution in [3.8, 4) is 27.9 Å². The number of para-hydroxylation sites is 2. The zero-order valence-corrected chi connectivity index (χ0v) is 33.5. The number of anilines is 3. The molecule has 0 saturated carbocycles. The van der Waals surface area contributed by atoms with Crippen LogP contribution in [0.2, 0.25) is 0 Å². The van der Waals surface area contributed by atoms with Crippen LogP contribution in [-0.4, -0.2) is 4.57 Å². The van der Waals surface area contributed by atoms with Crippen LogP contribution in [0, 0.1) is 0 Å². The van der Waals surface area contributed by atoms with Gasteiger partial charge in [-0.3, -0.25) is 0 Å². The molecule has 1 aliphatic rings. The second-order valence-electron chi connectivity index (χ2n) is 16.1. The number of hydrogen-bond acceptors (Lipinski definition) is 1. The van der Waals surface area contributed by atoms with E-state index >= 15 is 0 Å². The van der Waals surface area contributed by atoms with Crippen LogP contribution < -0.4 is 4.90 Å². The number of benzene rings is 10. The predicted molar refractivity (Wildman–Crippen MR) is 256 cm³/mol. The Morgan fingerprint density at radius 1 is 0.344 bits per heavy atom. The van der Waals surface area contributed by atoms with E-state index in [4.69, 9.17) is 0 Å². The molecule has 12 rings (SSSR count). The van der Waals surface area contributed by atoms with Gasteiger partial charge in [0, 0.05) is 33.2 Å². The molecule has 0 amide bonds. The van der Waals surface area contributed by atoms with Crippen LogP contribution in [-0.2, 0) is 5.41 Å². The van der Waals surface area contributed by atoms with E-state index in [0.717, 1.165) is 22.7 Å². The average Bonchev–Trinajstić information content (AvgIpc) is 3.83. The highest BCUT2D eigenvalue weighted by atomic mass is 15.1. The lowest BCUT2D eigenvalue weighted by Gasteiger charge is -2.33. The lowest BCUT2D eigenvalue weighted by Crippen LogP contribution is -2.28. The van der Waals surface area contributed by atoms with E-state index in [-0.39, 0.29) is 0 Å². The molecule has 0 saturated heterocycles. The van der Waals surface area contributed by atoms with Crippen LogP contribution in [0.5, 0.6) is 0 Å². The van der Waals surface area contributed by atoms with Gasteiger partial charge in [0.15, 0.2) is 0 Å². The van der Waals surface area contributed by atoms with Crippen molar-refractivity contribution in [1.29, 1.82) is 0 Å². The molecule has 0 spiro atoms. The molecule has 0 atom stereocenters. The number of nitrogens with zero attached hydrogens (tertiary/aromatic N) is 2. The molecule has 2 nitrogen and oxygen atoms in total. The van der Waals surface area contributed by atoms with E-state index in [1.807, 2.05) is 0 Å². The quantitative estimate of drug-likeness (QED) is 0.156. The molecule has 286 valence electrons. The van der Waals surface area contributed by atoms with E-state index < -0.39 is 5.41 Å². The minimum atomic E-state index is -0.412. The van der Waals surface area contributed by atoms with E-state index in [1.54, 1.807) is 0 Å². The topological polar surface area (TPSA) is 8.17 Å². The van der Waals surface area contributed by atoms with Gasteiger partial charge in [0.2, 0.25) is 0 Å². The van der Waals surface area contributed by atoms with Gasteiger partial charge in [-0.2, -0.15) is 0 Å². The molecule has 0 bridgehead atoms. The lowest BCUT2D eigenvalue weighted by molar-refractivity contribution is 0.768. The summed E-state index contributed by atoms with van der Waals surface area (Å²) >= 11 is 0. The Bertz CT molecular complexity index is 3360. The lowest BCUT2D eigenvalue weighted by atomic mass is 9.67. The third-order valence-electron chi connectivity index (χ3n) is 12.9. The Morgan fingerprint density at radius 2 is 0.918 bits per heavy atom. The van der Waals surface area contributed by atoms with Crippen molar-refractivity contribution < 1.29 is 0 Å². The number of aromatic nitrogens is 1. The predicted octanol–water partition coefficient (Wildman–Crippen LogP) is 15.4. The first-order valence-corrected chi connectivity index (χ1v) is 21.1. The minimum absolute atomic E-state index is 0.412. The molecule has 11 aromatic rings. The SMILES string of the molecule is c1ccc(-n2c3ccccc3c3cc(N(c4ccc(-c5ccc6c(c5)-c5ccccc5C6(c5ccccc5)c5ccccc5)cc4)c4cccc5ccccc45)ccc32)cc1. The Balaban J connectivity index is 1.01. The fourth-order valence-electron chi connectivity index (χ4n) is 10.2. The molecule has 2 heteroatoms. The zero-order chi connectivity index (χ0) is 40.3. The molecule has 10 aromatic carbocycles. The third kappa shape index (κ3) is 5.43.